The molecule has 1 saturated carbocycles. The number of benzene rings is 3. The zero-order valence-corrected chi connectivity index (χ0v) is 26.3. The molecule has 0 bridgehead atoms. The normalized spacial score (nSPS) is 14.2. The smallest absolute Gasteiger partial charge is 0.264 e. The highest BCUT2D eigenvalue weighted by Gasteiger charge is 2.35. The van der Waals surface area contributed by atoms with Crippen LogP contribution in [-0.2, 0) is 26.2 Å². The second kappa shape index (κ2) is 13.9. The van der Waals surface area contributed by atoms with Gasteiger partial charge < -0.3 is 19.7 Å². The fourth-order valence-corrected chi connectivity index (χ4v) is 6.70. The molecule has 0 aromatic heterocycles. The van der Waals surface area contributed by atoms with E-state index < -0.39 is 28.5 Å². The summed E-state index contributed by atoms with van der Waals surface area (Å²) in [5.74, 6) is -0.145. The van der Waals surface area contributed by atoms with Crippen LogP contribution in [-0.4, -0.2) is 58.0 Å². The molecule has 0 aliphatic heterocycles. The molecule has 1 atom stereocenters. The van der Waals surface area contributed by atoms with Crippen molar-refractivity contribution in [3.63, 3.8) is 0 Å². The van der Waals surface area contributed by atoms with Gasteiger partial charge in [0.2, 0.25) is 11.8 Å². The summed E-state index contributed by atoms with van der Waals surface area (Å²) in [5.41, 5.74) is 2.87. The number of hydrogen-bond donors (Lipinski definition) is 1. The first kappa shape index (κ1) is 31.9. The number of anilines is 1. The predicted molar refractivity (Wildman–Crippen MR) is 167 cm³/mol. The Kier molecular flexibility index (Phi) is 10.3. The van der Waals surface area contributed by atoms with Gasteiger partial charge >= 0.3 is 0 Å². The lowest BCUT2D eigenvalue weighted by atomic mass is 10.1. The third-order valence-corrected chi connectivity index (χ3v) is 9.79. The van der Waals surface area contributed by atoms with E-state index in [9.17, 15) is 18.0 Å². The van der Waals surface area contributed by atoms with Crippen LogP contribution in [0.3, 0.4) is 0 Å². The van der Waals surface area contributed by atoms with E-state index in [4.69, 9.17) is 9.47 Å². The molecule has 1 N–H and O–H groups in total. The van der Waals surface area contributed by atoms with Crippen molar-refractivity contribution in [2.24, 2.45) is 0 Å². The van der Waals surface area contributed by atoms with Crippen LogP contribution in [0.2, 0.25) is 0 Å². The minimum absolute atomic E-state index is 0.0215. The minimum Gasteiger partial charge on any atom is -0.497 e. The van der Waals surface area contributed by atoms with Crippen LogP contribution >= 0.6 is 0 Å². The van der Waals surface area contributed by atoms with Crippen molar-refractivity contribution in [1.82, 2.24) is 10.2 Å². The molecular weight excluding hydrogens is 566 g/mol. The van der Waals surface area contributed by atoms with E-state index >= 15 is 0 Å². The molecule has 0 saturated heterocycles. The van der Waals surface area contributed by atoms with Crippen LogP contribution in [0.5, 0.6) is 11.5 Å². The lowest BCUT2D eigenvalue weighted by Crippen LogP contribution is -2.52. The monoisotopic (exact) mass is 607 g/mol. The van der Waals surface area contributed by atoms with Crippen LogP contribution in [0.25, 0.3) is 0 Å². The first-order chi connectivity index (χ1) is 20.5. The topological polar surface area (TPSA) is 105 Å². The lowest BCUT2D eigenvalue weighted by molar-refractivity contribution is -0.139. The van der Waals surface area contributed by atoms with Crippen molar-refractivity contribution < 1.29 is 27.5 Å². The lowest BCUT2D eigenvalue weighted by Gasteiger charge is -2.33. The van der Waals surface area contributed by atoms with Gasteiger partial charge in [-0.25, -0.2) is 8.42 Å². The Balaban J connectivity index is 1.76. The molecule has 9 nitrogen and oxygen atoms in total. The summed E-state index contributed by atoms with van der Waals surface area (Å²) in [6.45, 7) is 5.07. The summed E-state index contributed by atoms with van der Waals surface area (Å²) in [4.78, 5) is 29.2. The van der Waals surface area contributed by atoms with E-state index in [1.165, 1.54) is 37.3 Å². The highest BCUT2D eigenvalue weighted by atomic mass is 32.2. The highest BCUT2D eigenvalue weighted by molar-refractivity contribution is 7.92. The van der Waals surface area contributed by atoms with Crippen LogP contribution in [0.15, 0.2) is 71.6 Å². The summed E-state index contributed by atoms with van der Waals surface area (Å²) in [7, 11) is -1.34. The number of rotatable bonds is 12. The minimum atomic E-state index is -4.25. The standard InChI is InChI=1S/C33H41N3O6S/c1-23-14-17-29(18-15-23)43(39,40)36(30-20-28(41-4)16-19-31(30)42-5)22-32(37)35(21-26-11-7-6-10-24(26)2)25(3)33(38)34-27-12-8-9-13-27/h6-7,10-11,14-20,25,27H,8-9,12-13,21-22H2,1-5H3,(H,34,38)/t25-/m0/s1. The Hall–Kier alpha value is -4.05. The molecule has 3 aromatic rings. The zero-order chi connectivity index (χ0) is 31.1. The molecule has 0 heterocycles. The van der Waals surface area contributed by atoms with Gasteiger partial charge in [-0.3, -0.25) is 13.9 Å². The van der Waals surface area contributed by atoms with Gasteiger partial charge in [-0.2, -0.15) is 0 Å². The Morgan fingerprint density at radius 2 is 1.63 bits per heavy atom. The number of nitrogens with one attached hydrogen (secondary N) is 1. The van der Waals surface area contributed by atoms with Crippen molar-refractivity contribution >= 4 is 27.5 Å². The third kappa shape index (κ3) is 7.48. The van der Waals surface area contributed by atoms with Crippen molar-refractivity contribution in [1.29, 1.82) is 0 Å². The van der Waals surface area contributed by atoms with E-state index in [2.05, 4.69) is 5.32 Å². The number of hydrogen-bond acceptors (Lipinski definition) is 6. The molecule has 0 radical (unpaired) electrons. The first-order valence-electron chi connectivity index (χ1n) is 14.5. The van der Waals surface area contributed by atoms with Gasteiger partial charge in [-0.15, -0.1) is 0 Å². The van der Waals surface area contributed by atoms with Crippen LogP contribution in [0, 0.1) is 13.8 Å². The number of carbonyl (C=O) groups excluding carboxylic acids is 2. The van der Waals surface area contributed by atoms with Crippen molar-refractivity contribution in [2.75, 3.05) is 25.1 Å². The number of nitrogens with zero attached hydrogens (tertiary/aromatic N) is 2. The third-order valence-electron chi connectivity index (χ3n) is 8.01. The largest absolute Gasteiger partial charge is 0.497 e. The second-order valence-corrected chi connectivity index (χ2v) is 12.8. The quantitative estimate of drug-likeness (QED) is 0.311. The van der Waals surface area contributed by atoms with E-state index in [0.29, 0.717) is 5.75 Å². The number of amides is 2. The SMILES string of the molecule is COc1ccc(OC)c(N(CC(=O)N(Cc2ccccc2C)[C@@H](C)C(=O)NC2CCCC2)S(=O)(=O)c2ccc(C)cc2)c1. The molecule has 3 aromatic carbocycles. The summed E-state index contributed by atoms with van der Waals surface area (Å²) in [6.07, 6.45) is 3.92. The van der Waals surface area contributed by atoms with E-state index in [1.54, 1.807) is 31.2 Å². The molecule has 1 aliphatic carbocycles. The Bertz CT molecular complexity index is 1530. The zero-order valence-electron chi connectivity index (χ0n) is 25.5. The fourth-order valence-electron chi connectivity index (χ4n) is 5.29. The first-order valence-corrected chi connectivity index (χ1v) is 15.9. The van der Waals surface area contributed by atoms with E-state index in [1.807, 2.05) is 38.1 Å². The number of sulfonamides is 1. The molecule has 4 rings (SSSR count). The highest BCUT2D eigenvalue weighted by Crippen LogP contribution is 2.36. The van der Waals surface area contributed by atoms with Gasteiger partial charge in [-0.1, -0.05) is 54.8 Å². The van der Waals surface area contributed by atoms with Crippen molar-refractivity contribution in [2.45, 2.75) is 70.0 Å². The second-order valence-electron chi connectivity index (χ2n) is 11.0. The summed E-state index contributed by atoms with van der Waals surface area (Å²) < 4.78 is 40.4. The molecule has 2 amide bonds. The van der Waals surface area contributed by atoms with Crippen molar-refractivity contribution in [3.05, 3.63) is 83.4 Å². The Morgan fingerprint density at radius 1 is 0.953 bits per heavy atom. The van der Waals surface area contributed by atoms with E-state index in [-0.39, 0.29) is 34.8 Å². The molecule has 230 valence electrons. The molecule has 1 fully saturated rings. The van der Waals surface area contributed by atoms with Gasteiger partial charge in [0.15, 0.2) is 0 Å². The average molecular weight is 608 g/mol. The Labute approximate surface area is 254 Å². The predicted octanol–water partition coefficient (Wildman–Crippen LogP) is 4.99. The summed E-state index contributed by atoms with van der Waals surface area (Å²) in [6, 6.07) is 18.1. The summed E-state index contributed by atoms with van der Waals surface area (Å²) in [5, 5.41) is 3.09. The number of ether oxygens (including phenoxy) is 2. The van der Waals surface area contributed by atoms with Gasteiger partial charge in [0.25, 0.3) is 10.0 Å². The molecular formula is C33H41N3O6S. The average Bonchev–Trinajstić information content (AvgIpc) is 3.51. The van der Waals surface area contributed by atoms with Crippen molar-refractivity contribution in [3.8, 4) is 11.5 Å². The maximum atomic E-state index is 14.3. The number of methoxy groups -OCH3 is 2. The number of aryl methyl sites for hydroxylation is 2. The van der Waals surface area contributed by atoms with Gasteiger partial charge in [0.05, 0.1) is 24.8 Å². The van der Waals surface area contributed by atoms with E-state index in [0.717, 1.165) is 46.7 Å². The number of carbonyl (C=O) groups is 2. The molecule has 43 heavy (non-hydrogen) atoms. The summed E-state index contributed by atoms with van der Waals surface area (Å²) >= 11 is 0. The van der Waals surface area contributed by atoms with Crippen LogP contribution in [0.1, 0.15) is 49.3 Å². The fraction of sp³-hybridized carbons (Fsp3) is 0.394. The molecule has 0 spiro atoms. The maximum Gasteiger partial charge on any atom is 0.264 e. The Morgan fingerprint density at radius 3 is 2.26 bits per heavy atom. The molecule has 10 heteroatoms. The van der Waals surface area contributed by atoms with Gasteiger partial charge in [0, 0.05) is 18.7 Å². The van der Waals surface area contributed by atoms with Crippen LogP contribution in [0.4, 0.5) is 5.69 Å². The van der Waals surface area contributed by atoms with Crippen LogP contribution < -0.4 is 19.1 Å². The van der Waals surface area contributed by atoms with Gasteiger partial charge in [-0.05, 0) is 69.0 Å². The molecule has 0 unspecified atom stereocenters. The maximum absolute atomic E-state index is 14.3. The van der Waals surface area contributed by atoms with Gasteiger partial charge in [0.1, 0.15) is 24.1 Å². The molecule has 1 aliphatic rings.